The summed E-state index contributed by atoms with van der Waals surface area (Å²) >= 11 is 8.89. The van der Waals surface area contributed by atoms with Gasteiger partial charge in [0.1, 0.15) is 10.7 Å². The molecule has 4 rings (SSSR count). The second kappa shape index (κ2) is 8.15. The monoisotopic (exact) mass is 430 g/mol. The number of hydrogen-bond donors (Lipinski definition) is 0. The van der Waals surface area contributed by atoms with Gasteiger partial charge in [-0.3, -0.25) is 9.59 Å². The van der Waals surface area contributed by atoms with Crippen LogP contribution in [-0.4, -0.2) is 34.7 Å². The smallest absolute Gasteiger partial charge is 0.273 e. The van der Waals surface area contributed by atoms with E-state index in [0.717, 1.165) is 21.0 Å². The molecular weight excluding hydrogens is 412 g/mol. The summed E-state index contributed by atoms with van der Waals surface area (Å²) in [5.41, 5.74) is 2.37. The third-order valence-corrected chi connectivity index (χ3v) is 7.24. The van der Waals surface area contributed by atoms with Crippen molar-refractivity contribution in [3.05, 3.63) is 62.9 Å². The minimum atomic E-state index is -0.0635. The van der Waals surface area contributed by atoms with E-state index < -0.39 is 0 Å². The van der Waals surface area contributed by atoms with E-state index in [-0.39, 0.29) is 17.6 Å². The molecule has 144 valence electrons. The lowest BCUT2D eigenvalue weighted by molar-refractivity contribution is 0.0646. The summed E-state index contributed by atoms with van der Waals surface area (Å²) in [5, 5.41) is 2.61. The summed E-state index contributed by atoms with van der Waals surface area (Å²) in [4.78, 5) is 32.8. The molecule has 0 spiro atoms. The zero-order valence-electron chi connectivity index (χ0n) is 15.4. The number of rotatable bonds is 4. The fraction of sp³-hybridized carbons (Fsp3) is 0.286. The van der Waals surface area contributed by atoms with Crippen molar-refractivity contribution in [2.75, 3.05) is 13.1 Å². The van der Waals surface area contributed by atoms with Gasteiger partial charge in [0.25, 0.3) is 5.91 Å². The largest absolute Gasteiger partial charge is 0.337 e. The molecule has 1 aliphatic heterocycles. The second-order valence-electron chi connectivity index (χ2n) is 6.94. The summed E-state index contributed by atoms with van der Waals surface area (Å²) < 4.78 is 0.707. The number of ketones is 1. The molecule has 1 fully saturated rings. The molecule has 1 aliphatic rings. The summed E-state index contributed by atoms with van der Waals surface area (Å²) in [7, 11) is 0. The standard InChI is InChI=1S/C21H19ClN2O2S2/c1-13-2-4-14(5-3-13)19(25)15-8-10-24(11-9-15)21(26)16-12-27-20(23-16)17-6-7-18(22)28-17/h2-7,12,15H,8-11H2,1H3. The fourth-order valence-electron chi connectivity index (χ4n) is 3.37. The Hall–Kier alpha value is -2.02. The van der Waals surface area contributed by atoms with Crippen LogP contribution >= 0.6 is 34.3 Å². The molecule has 1 amide bonds. The molecule has 1 aromatic carbocycles. The maximum Gasteiger partial charge on any atom is 0.273 e. The van der Waals surface area contributed by atoms with Crippen LogP contribution in [0.15, 0.2) is 41.8 Å². The van der Waals surface area contributed by atoms with Crippen molar-refractivity contribution in [2.24, 2.45) is 5.92 Å². The maximum atomic E-state index is 12.8. The van der Waals surface area contributed by atoms with Crippen molar-refractivity contribution in [1.82, 2.24) is 9.88 Å². The van der Waals surface area contributed by atoms with Gasteiger partial charge in [0, 0.05) is 30.0 Å². The number of carbonyl (C=O) groups excluding carboxylic acids is 2. The van der Waals surface area contributed by atoms with Crippen LogP contribution in [0.2, 0.25) is 4.34 Å². The van der Waals surface area contributed by atoms with Gasteiger partial charge >= 0.3 is 0 Å². The predicted molar refractivity (Wildman–Crippen MR) is 115 cm³/mol. The van der Waals surface area contributed by atoms with Gasteiger partial charge in [0.2, 0.25) is 0 Å². The Morgan fingerprint density at radius 3 is 2.46 bits per heavy atom. The average Bonchev–Trinajstić information content (AvgIpc) is 3.37. The highest BCUT2D eigenvalue weighted by Gasteiger charge is 2.29. The first-order valence-corrected chi connectivity index (χ1v) is 11.2. The molecule has 28 heavy (non-hydrogen) atoms. The number of amides is 1. The first kappa shape index (κ1) is 19.3. The molecule has 0 N–H and O–H groups in total. The highest BCUT2D eigenvalue weighted by atomic mass is 35.5. The Balaban J connectivity index is 1.38. The SMILES string of the molecule is Cc1ccc(C(=O)C2CCN(C(=O)c3csc(-c4ccc(Cl)s4)n3)CC2)cc1. The Kier molecular flexibility index (Phi) is 5.62. The van der Waals surface area contributed by atoms with E-state index in [1.54, 1.807) is 10.3 Å². The minimum absolute atomic E-state index is 0.0222. The van der Waals surface area contributed by atoms with Gasteiger partial charge in [-0.25, -0.2) is 4.98 Å². The number of piperidine rings is 1. The van der Waals surface area contributed by atoms with E-state index >= 15 is 0 Å². The van der Waals surface area contributed by atoms with Crippen molar-refractivity contribution < 1.29 is 9.59 Å². The first-order chi connectivity index (χ1) is 13.5. The number of nitrogens with zero attached hydrogens (tertiary/aromatic N) is 2. The van der Waals surface area contributed by atoms with Crippen LogP contribution in [0.25, 0.3) is 9.88 Å². The van der Waals surface area contributed by atoms with Gasteiger partial charge in [-0.1, -0.05) is 41.4 Å². The Morgan fingerprint density at radius 2 is 1.82 bits per heavy atom. The Morgan fingerprint density at radius 1 is 1.11 bits per heavy atom. The van der Waals surface area contributed by atoms with Crippen LogP contribution in [0.3, 0.4) is 0 Å². The number of aromatic nitrogens is 1. The molecule has 0 radical (unpaired) electrons. The maximum absolute atomic E-state index is 12.8. The van der Waals surface area contributed by atoms with E-state index in [2.05, 4.69) is 4.98 Å². The molecule has 3 heterocycles. The van der Waals surface area contributed by atoms with E-state index in [1.807, 2.05) is 43.3 Å². The van der Waals surface area contributed by atoms with Crippen LogP contribution in [0.4, 0.5) is 0 Å². The van der Waals surface area contributed by atoms with Crippen LogP contribution in [0.1, 0.15) is 39.3 Å². The summed E-state index contributed by atoms with van der Waals surface area (Å²) in [6.07, 6.45) is 1.38. The number of halogens is 1. The lowest BCUT2D eigenvalue weighted by Crippen LogP contribution is -2.40. The summed E-state index contributed by atoms with van der Waals surface area (Å²) in [5.74, 6) is 0.0926. The zero-order chi connectivity index (χ0) is 19.7. The number of thiazole rings is 1. The van der Waals surface area contributed by atoms with E-state index in [4.69, 9.17) is 11.6 Å². The summed E-state index contributed by atoms with van der Waals surface area (Å²) in [6.45, 7) is 3.17. The highest BCUT2D eigenvalue weighted by Crippen LogP contribution is 2.33. The molecule has 0 saturated carbocycles. The molecule has 0 unspecified atom stereocenters. The minimum Gasteiger partial charge on any atom is -0.337 e. The molecule has 2 aromatic heterocycles. The molecule has 7 heteroatoms. The van der Waals surface area contributed by atoms with Gasteiger partial charge in [-0.15, -0.1) is 22.7 Å². The second-order valence-corrected chi connectivity index (χ2v) is 9.51. The van der Waals surface area contributed by atoms with Crippen LogP contribution in [0.5, 0.6) is 0 Å². The first-order valence-electron chi connectivity index (χ1n) is 9.12. The molecular formula is C21H19ClN2O2S2. The highest BCUT2D eigenvalue weighted by molar-refractivity contribution is 7.23. The van der Waals surface area contributed by atoms with Gasteiger partial charge in [-0.05, 0) is 31.9 Å². The van der Waals surface area contributed by atoms with Gasteiger partial charge in [0.15, 0.2) is 5.78 Å². The van der Waals surface area contributed by atoms with E-state index in [0.29, 0.717) is 36.0 Å². The van der Waals surface area contributed by atoms with Crippen molar-refractivity contribution in [1.29, 1.82) is 0 Å². The van der Waals surface area contributed by atoms with Gasteiger partial charge in [-0.2, -0.15) is 0 Å². The molecule has 1 saturated heterocycles. The van der Waals surface area contributed by atoms with Gasteiger partial charge < -0.3 is 4.90 Å². The molecule has 3 aromatic rings. The lowest BCUT2D eigenvalue weighted by atomic mass is 9.88. The number of likely N-dealkylation sites (tertiary alicyclic amines) is 1. The number of hydrogen-bond acceptors (Lipinski definition) is 5. The number of carbonyl (C=O) groups is 2. The topological polar surface area (TPSA) is 50.3 Å². The van der Waals surface area contributed by atoms with Crippen LogP contribution in [-0.2, 0) is 0 Å². The van der Waals surface area contributed by atoms with E-state index in [1.165, 1.54) is 22.7 Å². The van der Waals surface area contributed by atoms with Crippen molar-refractivity contribution in [3.63, 3.8) is 0 Å². The predicted octanol–water partition coefficient (Wildman–Crippen LogP) is 5.57. The third kappa shape index (κ3) is 4.04. The molecule has 0 bridgehead atoms. The molecule has 0 aliphatic carbocycles. The van der Waals surface area contributed by atoms with Crippen molar-refractivity contribution >= 4 is 46.0 Å². The fourth-order valence-corrected chi connectivity index (χ4v) is 5.28. The molecule has 0 atom stereocenters. The average molecular weight is 431 g/mol. The number of benzene rings is 1. The number of Topliss-reactive ketones (excluding diaryl/α,β-unsaturated/α-hetero) is 1. The normalized spacial score (nSPS) is 15.0. The molecule has 4 nitrogen and oxygen atoms in total. The van der Waals surface area contributed by atoms with Crippen molar-refractivity contribution in [3.8, 4) is 9.88 Å². The lowest BCUT2D eigenvalue weighted by Gasteiger charge is -2.31. The third-order valence-electron chi connectivity index (χ3n) is 5.00. The van der Waals surface area contributed by atoms with E-state index in [9.17, 15) is 9.59 Å². The number of aryl methyl sites for hydroxylation is 1. The zero-order valence-corrected chi connectivity index (χ0v) is 17.7. The van der Waals surface area contributed by atoms with Gasteiger partial charge in [0.05, 0.1) is 9.21 Å². The Labute approximate surface area is 176 Å². The summed E-state index contributed by atoms with van der Waals surface area (Å²) in [6, 6.07) is 11.5. The Bertz CT molecular complexity index is 1000. The van der Waals surface area contributed by atoms with Crippen LogP contribution in [0, 0.1) is 12.8 Å². The van der Waals surface area contributed by atoms with Crippen LogP contribution < -0.4 is 0 Å². The van der Waals surface area contributed by atoms with Crippen molar-refractivity contribution in [2.45, 2.75) is 19.8 Å². The number of thiophene rings is 1. The quantitative estimate of drug-likeness (QED) is 0.508.